The maximum absolute atomic E-state index is 11.9. The SMILES string of the molecule is Cc1ccc(C(=O)NCC(=O)NCCSCc2ccco2)cc1. The topological polar surface area (TPSA) is 71.3 Å². The van der Waals surface area contributed by atoms with Gasteiger partial charge in [0.15, 0.2) is 0 Å². The number of thioether (sulfide) groups is 1. The zero-order valence-corrected chi connectivity index (χ0v) is 13.8. The van der Waals surface area contributed by atoms with E-state index in [1.165, 1.54) is 0 Å². The van der Waals surface area contributed by atoms with E-state index in [0.717, 1.165) is 22.8 Å². The van der Waals surface area contributed by atoms with Gasteiger partial charge in [0.1, 0.15) is 5.76 Å². The summed E-state index contributed by atoms with van der Waals surface area (Å²) in [5, 5.41) is 5.38. The molecule has 2 amide bonds. The first kappa shape index (κ1) is 17.1. The highest BCUT2D eigenvalue weighted by Crippen LogP contribution is 2.11. The molecule has 0 saturated heterocycles. The van der Waals surface area contributed by atoms with Gasteiger partial charge in [0.05, 0.1) is 18.6 Å². The van der Waals surface area contributed by atoms with Crippen molar-refractivity contribution in [2.45, 2.75) is 12.7 Å². The smallest absolute Gasteiger partial charge is 0.251 e. The van der Waals surface area contributed by atoms with Crippen molar-refractivity contribution < 1.29 is 14.0 Å². The van der Waals surface area contributed by atoms with Crippen LogP contribution in [0.25, 0.3) is 0 Å². The lowest BCUT2D eigenvalue weighted by molar-refractivity contribution is -0.120. The second-order valence-corrected chi connectivity index (χ2v) is 6.14. The third-order valence-corrected chi connectivity index (χ3v) is 4.10. The Kier molecular flexibility index (Phi) is 6.75. The predicted octanol–water partition coefficient (Wildman–Crippen LogP) is 2.37. The molecule has 6 heteroatoms. The largest absolute Gasteiger partial charge is 0.468 e. The molecule has 0 aliphatic heterocycles. The van der Waals surface area contributed by atoms with E-state index in [-0.39, 0.29) is 18.4 Å². The van der Waals surface area contributed by atoms with E-state index in [4.69, 9.17) is 4.42 Å². The molecule has 5 nitrogen and oxygen atoms in total. The highest BCUT2D eigenvalue weighted by atomic mass is 32.2. The monoisotopic (exact) mass is 332 g/mol. The third-order valence-electron chi connectivity index (χ3n) is 3.12. The van der Waals surface area contributed by atoms with Crippen molar-refractivity contribution in [1.29, 1.82) is 0 Å². The Morgan fingerprint density at radius 1 is 1.13 bits per heavy atom. The number of amides is 2. The molecule has 2 aromatic rings. The van der Waals surface area contributed by atoms with Gasteiger partial charge in [-0.25, -0.2) is 0 Å². The van der Waals surface area contributed by atoms with Crippen LogP contribution in [0.2, 0.25) is 0 Å². The Bertz CT molecular complexity index is 624. The van der Waals surface area contributed by atoms with Gasteiger partial charge in [-0.1, -0.05) is 17.7 Å². The van der Waals surface area contributed by atoms with Gasteiger partial charge in [-0.15, -0.1) is 0 Å². The molecular formula is C17H20N2O3S. The molecule has 23 heavy (non-hydrogen) atoms. The van der Waals surface area contributed by atoms with Crippen LogP contribution in [0.1, 0.15) is 21.7 Å². The maximum atomic E-state index is 11.9. The molecule has 0 bridgehead atoms. The predicted molar refractivity (Wildman–Crippen MR) is 91.4 cm³/mol. The van der Waals surface area contributed by atoms with Crippen LogP contribution in [0.3, 0.4) is 0 Å². The van der Waals surface area contributed by atoms with Crippen molar-refractivity contribution in [3.63, 3.8) is 0 Å². The first-order valence-corrected chi connectivity index (χ1v) is 8.52. The lowest BCUT2D eigenvalue weighted by atomic mass is 10.1. The highest BCUT2D eigenvalue weighted by Gasteiger charge is 2.07. The summed E-state index contributed by atoms with van der Waals surface area (Å²) < 4.78 is 5.22. The van der Waals surface area contributed by atoms with Gasteiger partial charge in [-0.3, -0.25) is 9.59 Å². The van der Waals surface area contributed by atoms with Gasteiger partial charge in [0.25, 0.3) is 5.91 Å². The summed E-state index contributed by atoms with van der Waals surface area (Å²) in [6.07, 6.45) is 1.65. The van der Waals surface area contributed by atoms with Gasteiger partial charge in [-0.05, 0) is 31.2 Å². The minimum Gasteiger partial charge on any atom is -0.468 e. The van der Waals surface area contributed by atoms with Crippen molar-refractivity contribution in [1.82, 2.24) is 10.6 Å². The average Bonchev–Trinajstić information content (AvgIpc) is 3.06. The molecular weight excluding hydrogens is 312 g/mol. The zero-order chi connectivity index (χ0) is 16.5. The van der Waals surface area contributed by atoms with Gasteiger partial charge in [-0.2, -0.15) is 11.8 Å². The van der Waals surface area contributed by atoms with E-state index in [9.17, 15) is 9.59 Å². The second-order valence-electron chi connectivity index (χ2n) is 5.03. The molecule has 1 heterocycles. The molecule has 0 radical (unpaired) electrons. The number of rotatable bonds is 8. The molecule has 1 aromatic carbocycles. The minimum atomic E-state index is -0.243. The summed E-state index contributed by atoms with van der Waals surface area (Å²) in [6.45, 7) is 2.50. The van der Waals surface area contributed by atoms with Crippen molar-refractivity contribution in [2.24, 2.45) is 0 Å². The molecule has 122 valence electrons. The average molecular weight is 332 g/mol. The molecule has 0 unspecified atom stereocenters. The van der Waals surface area contributed by atoms with E-state index in [1.54, 1.807) is 30.2 Å². The third kappa shape index (κ3) is 6.20. The van der Waals surface area contributed by atoms with E-state index < -0.39 is 0 Å². The molecule has 0 aliphatic carbocycles. The van der Waals surface area contributed by atoms with Gasteiger partial charge in [0, 0.05) is 17.9 Å². The fourth-order valence-electron chi connectivity index (χ4n) is 1.86. The summed E-state index contributed by atoms with van der Waals surface area (Å²) in [6, 6.07) is 11.0. The fourth-order valence-corrected chi connectivity index (χ4v) is 2.62. The Balaban J connectivity index is 1.57. The van der Waals surface area contributed by atoms with Crippen molar-refractivity contribution >= 4 is 23.6 Å². The lowest BCUT2D eigenvalue weighted by Crippen LogP contribution is -2.37. The number of carbonyl (C=O) groups excluding carboxylic acids is 2. The van der Waals surface area contributed by atoms with Crippen LogP contribution in [-0.4, -0.2) is 30.7 Å². The van der Waals surface area contributed by atoms with Crippen molar-refractivity contribution in [2.75, 3.05) is 18.8 Å². The number of hydrogen-bond acceptors (Lipinski definition) is 4. The van der Waals surface area contributed by atoms with Gasteiger partial charge < -0.3 is 15.1 Å². The molecule has 0 spiro atoms. The quantitative estimate of drug-likeness (QED) is 0.728. The number of aryl methyl sites for hydroxylation is 1. The van der Waals surface area contributed by atoms with Crippen LogP contribution in [-0.2, 0) is 10.5 Å². The normalized spacial score (nSPS) is 10.3. The van der Waals surface area contributed by atoms with E-state index >= 15 is 0 Å². The summed E-state index contributed by atoms with van der Waals surface area (Å²) in [5.41, 5.74) is 1.64. The van der Waals surface area contributed by atoms with Crippen molar-refractivity contribution in [3.8, 4) is 0 Å². The van der Waals surface area contributed by atoms with Gasteiger partial charge >= 0.3 is 0 Å². The molecule has 0 atom stereocenters. The summed E-state index contributed by atoms with van der Waals surface area (Å²) in [4.78, 5) is 23.5. The molecule has 2 rings (SSSR count). The molecule has 2 N–H and O–H groups in total. The number of furan rings is 1. The standard InChI is InChI=1S/C17H20N2O3S/c1-13-4-6-14(7-5-13)17(21)19-11-16(20)18-8-10-23-12-15-3-2-9-22-15/h2-7,9H,8,10-12H2,1H3,(H,18,20)(H,19,21). The lowest BCUT2D eigenvalue weighted by Gasteiger charge is -2.07. The number of carbonyl (C=O) groups is 2. The molecule has 1 aromatic heterocycles. The maximum Gasteiger partial charge on any atom is 0.251 e. The summed E-state index contributed by atoms with van der Waals surface area (Å²) in [7, 11) is 0. The Morgan fingerprint density at radius 2 is 1.91 bits per heavy atom. The van der Waals surface area contributed by atoms with Crippen LogP contribution in [0, 0.1) is 6.92 Å². The van der Waals surface area contributed by atoms with Crippen LogP contribution in [0.15, 0.2) is 47.1 Å². The van der Waals surface area contributed by atoms with E-state index in [2.05, 4.69) is 10.6 Å². The Morgan fingerprint density at radius 3 is 2.61 bits per heavy atom. The van der Waals surface area contributed by atoms with Crippen LogP contribution in [0.4, 0.5) is 0 Å². The van der Waals surface area contributed by atoms with Gasteiger partial charge in [0.2, 0.25) is 5.91 Å². The van der Waals surface area contributed by atoms with Crippen molar-refractivity contribution in [3.05, 3.63) is 59.5 Å². The minimum absolute atomic E-state index is 0.0183. The zero-order valence-electron chi connectivity index (χ0n) is 13.0. The number of benzene rings is 1. The Labute approximate surface area is 139 Å². The van der Waals surface area contributed by atoms with Crippen LogP contribution < -0.4 is 10.6 Å². The first-order valence-electron chi connectivity index (χ1n) is 7.37. The molecule has 0 fully saturated rings. The van der Waals surface area contributed by atoms with E-state index in [1.807, 2.05) is 31.2 Å². The summed E-state index contributed by atoms with van der Waals surface area (Å²) >= 11 is 1.68. The van der Waals surface area contributed by atoms with Crippen LogP contribution in [0.5, 0.6) is 0 Å². The number of hydrogen-bond donors (Lipinski definition) is 2. The first-order chi connectivity index (χ1) is 11.1. The number of nitrogens with one attached hydrogen (secondary N) is 2. The van der Waals surface area contributed by atoms with Crippen LogP contribution >= 0.6 is 11.8 Å². The molecule has 0 aliphatic rings. The fraction of sp³-hybridized carbons (Fsp3) is 0.294. The van der Waals surface area contributed by atoms with E-state index in [0.29, 0.717) is 12.1 Å². The Hall–Kier alpha value is -2.21. The molecule has 0 saturated carbocycles. The highest BCUT2D eigenvalue weighted by molar-refractivity contribution is 7.98. The summed E-state index contributed by atoms with van der Waals surface area (Å²) in [5.74, 6) is 2.06. The second kappa shape index (κ2) is 9.05.